The summed E-state index contributed by atoms with van der Waals surface area (Å²) in [7, 11) is 0. The van der Waals surface area contributed by atoms with Crippen molar-refractivity contribution in [1.29, 1.82) is 0 Å². The lowest BCUT2D eigenvalue weighted by Gasteiger charge is -2.10. The standard InChI is InChI=1S/C13H17N3O/c1-3-17-13-7-4-10(2)8-11(13)5-6-12-9-14-16-15-12/h4,7-9H,3,5-6H2,1-2H3,(H,14,15,16). The van der Waals surface area contributed by atoms with Gasteiger partial charge in [0.1, 0.15) is 5.75 Å². The van der Waals surface area contributed by atoms with Crippen LogP contribution in [0.2, 0.25) is 0 Å². The molecule has 1 N–H and O–H groups in total. The first-order valence-corrected chi connectivity index (χ1v) is 5.86. The quantitative estimate of drug-likeness (QED) is 0.859. The lowest BCUT2D eigenvalue weighted by atomic mass is 10.0. The highest BCUT2D eigenvalue weighted by molar-refractivity contribution is 5.37. The number of hydrogen-bond acceptors (Lipinski definition) is 3. The summed E-state index contributed by atoms with van der Waals surface area (Å²) in [4.78, 5) is 0. The molecule has 0 aliphatic carbocycles. The van der Waals surface area contributed by atoms with E-state index in [1.165, 1.54) is 11.1 Å². The van der Waals surface area contributed by atoms with Crippen molar-refractivity contribution in [2.75, 3.05) is 6.61 Å². The third-order valence-electron chi connectivity index (χ3n) is 2.63. The second-order valence-corrected chi connectivity index (χ2v) is 4.01. The van der Waals surface area contributed by atoms with Crippen molar-refractivity contribution in [2.24, 2.45) is 0 Å². The van der Waals surface area contributed by atoms with Crippen molar-refractivity contribution in [3.63, 3.8) is 0 Å². The van der Waals surface area contributed by atoms with Gasteiger partial charge in [-0.05, 0) is 38.3 Å². The van der Waals surface area contributed by atoms with Crippen LogP contribution in [0, 0.1) is 6.92 Å². The van der Waals surface area contributed by atoms with E-state index < -0.39 is 0 Å². The predicted octanol–water partition coefficient (Wildman–Crippen LogP) is 2.30. The van der Waals surface area contributed by atoms with Crippen LogP contribution in [0.15, 0.2) is 24.4 Å². The van der Waals surface area contributed by atoms with E-state index in [0.29, 0.717) is 6.61 Å². The summed E-state index contributed by atoms with van der Waals surface area (Å²) in [6, 6.07) is 6.28. The summed E-state index contributed by atoms with van der Waals surface area (Å²) in [6.45, 7) is 4.79. The fourth-order valence-corrected chi connectivity index (χ4v) is 1.81. The van der Waals surface area contributed by atoms with Gasteiger partial charge in [-0.25, -0.2) is 0 Å². The summed E-state index contributed by atoms with van der Waals surface area (Å²) >= 11 is 0. The summed E-state index contributed by atoms with van der Waals surface area (Å²) in [5.74, 6) is 0.974. The van der Waals surface area contributed by atoms with Gasteiger partial charge in [-0.1, -0.05) is 17.7 Å². The maximum atomic E-state index is 5.62. The summed E-state index contributed by atoms with van der Waals surface area (Å²) in [5, 5.41) is 10.5. The molecule has 0 saturated carbocycles. The first-order valence-electron chi connectivity index (χ1n) is 5.86. The van der Waals surface area contributed by atoms with Crippen LogP contribution >= 0.6 is 0 Å². The molecule has 0 aliphatic rings. The Morgan fingerprint density at radius 2 is 2.18 bits per heavy atom. The minimum Gasteiger partial charge on any atom is -0.494 e. The number of aromatic nitrogens is 3. The van der Waals surface area contributed by atoms with Gasteiger partial charge in [-0.15, -0.1) is 0 Å². The fourth-order valence-electron chi connectivity index (χ4n) is 1.81. The van der Waals surface area contributed by atoms with Crippen LogP contribution in [-0.4, -0.2) is 22.0 Å². The molecule has 0 unspecified atom stereocenters. The van der Waals surface area contributed by atoms with Crippen molar-refractivity contribution in [1.82, 2.24) is 15.4 Å². The van der Waals surface area contributed by atoms with Crippen LogP contribution in [0.3, 0.4) is 0 Å². The maximum Gasteiger partial charge on any atom is 0.122 e. The monoisotopic (exact) mass is 231 g/mol. The molecule has 0 fully saturated rings. The van der Waals surface area contributed by atoms with Crippen LogP contribution < -0.4 is 4.74 Å². The molecule has 0 radical (unpaired) electrons. The van der Waals surface area contributed by atoms with Gasteiger partial charge in [0.25, 0.3) is 0 Å². The van der Waals surface area contributed by atoms with E-state index in [0.717, 1.165) is 24.3 Å². The molecule has 17 heavy (non-hydrogen) atoms. The Balaban J connectivity index is 2.10. The maximum absolute atomic E-state index is 5.62. The number of nitrogens with one attached hydrogen (secondary N) is 1. The molecule has 2 aromatic rings. The molecule has 0 bridgehead atoms. The Morgan fingerprint density at radius 3 is 2.88 bits per heavy atom. The van der Waals surface area contributed by atoms with Crippen LogP contribution in [0.5, 0.6) is 5.75 Å². The number of rotatable bonds is 5. The molecule has 90 valence electrons. The minimum atomic E-state index is 0.694. The first-order chi connectivity index (χ1) is 8.29. The molecule has 1 heterocycles. The van der Waals surface area contributed by atoms with Gasteiger partial charge in [-0.3, -0.25) is 0 Å². The van der Waals surface area contributed by atoms with E-state index in [1.807, 2.05) is 13.0 Å². The highest BCUT2D eigenvalue weighted by atomic mass is 16.5. The SMILES string of the molecule is CCOc1ccc(C)cc1CCc1cn[nH]n1. The molecule has 0 saturated heterocycles. The van der Waals surface area contributed by atoms with Gasteiger partial charge >= 0.3 is 0 Å². The zero-order chi connectivity index (χ0) is 12.1. The Kier molecular flexibility index (Phi) is 3.75. The number of ether oxygens (including phenoxy) is 1. The molecule has 0 atom stereocenters. The molecular formula is C13H17N3O. The number of H-pyrrole nitrogens is 1. The second-order valence-electron chi connectivity index (χ2n) is 4.01. The molecular weight excluding hydrogens is 214 g/mol. The van der Waals surface area contributed by atoms with Crippen LogP contribution in [-0.2, 0) is 12.8 Å². The summed E-state index contributed by atoms with van der Waals surface area (Å²) in [6.07, 6.45) is 3.56. The normalized spacial score (nSPS) is 10.5. The van der Waals surface area contributed by atoms with Crippen molar-refractivity contribution in [3.05, 3.63) is 41.2 Å². The van der Waals surface area contributed by atoms with Gasteiger partial charge in [0, 0.05) is 0 Å². The molecule has 4 nitrogen and oxygen atoms in total. The zero-order valence-electron chi connectivity index (χ0n) is 10.2. The van der Waals surface area contributed by atoms with E-state index in [4.69, 9.17) is 4.74 Å². The van der Waals surface area contributed by atoms with Gasteiger partial charge < -0.3 is 4.74 Å². The smallest absolute Gasteiger partial charge is 0.122 e. The Labute approximate surface area is 101 Å². The average molecular weight is 231 g/mol. The number of aromatic amines is 1. The molecule has 4 heteroatoms. The summed E-state index contributed by atoms with van der Waals surface area (Å²) < 4.78 is 5.62. The van der Waals surface area contributed by atoms with Gasteiger partial charge in [-0.2, -0.15) is 15.4 Å². The molecule has 1 aromatic heterocycles. The third kappa shape index (κ3) is 3.06. The molecule has 0 spiro atoms. The molecule has 1 aromatic carbocycles. The number of nitrogens with zero attached hydrogens (tertiary/aromatic N) is 2. The zero-order valence-corrected chi connectivity index (χ0v) is 10.2. The first kappa shape index (κ1) is 11.6. The Hall–Kier alpha value is -1.84. The van der Waals surface area contributed by atoms with Crippen molar-refractivity contribution in [2.45, 2.75) is 26.7 Å². The van der Waals surface area contributed by atoms with Gasteiger partial charge in [0.2, 0.25) is 0 Å². The van der Waals surface area contributed by atoms with Crippen molar-refractivity contribution < 1.29 is 4.74 Å². The van der Waals surface area contributed by atoms with Crippen molar-refractivity contribution >= 4 is 0 Å². The van der Waals surface area contributed by atoms with Crippen LogP contribution in [0.4, 0.5) is 0 Å². The molecule has 2 rings (SSSR count). The van der Waals surface area contributed by atoms with E-state index in [1.54, 1.807) is 6.20 Å². The summed E-state index contributed by atoms with van der Waals surface area (Å²) in [5.41, 5.74) is 3.47. The number of benzene rings is 1. The largest absolute Gasteiger partial charge is 0.494 e. The molecule has 0 aliphatic heterocycles. The third-order valence-corrected chi connectivity index (χ3v) is 2.63. The highest BCUT2D eigenvalue weighted by Crippen LogP contribution is 2.21. The lowest BCUT2D eigenvalue weighted by molar-refractivity contribution is 0.336. The van der Waals surface area contributed by atoms with E-state index in [-0.39, 0.29) is 0 Å². The van der Waals surface area contributed by atoms with E-state index >= 15 is 0 Å². The average Bonchev–Trinajstić information content (AvgIpc) is 2.82. The van der Waals surface area contributed by atoms with E-state index in [2.05, 4.69) is 34.5 Å². The predicted molar refractivity (Wildman–Crippen MR) is 66.1 cm³/mol. The molecule has 0 amide bonds. The van der Waals surface area contributed by atoms with Gasteiger partial charge in [0.15, 0.2) is 0 Å². The minimum absolute atomic E-state index is 0.694. The van der Waals surface area contributed by atoms with Crippen molar-refractivity contribution in [3.8, 4) is 5.75 Å². The lowest BCUT2D eigenvalue weighted by Crippen LogP contribution is -1.99. The van der Waals surface area contributed by atoms with Crippen LogP contribution in [0.1, 0.15) is 23.7 Å². The fraction of sp³-hybridized carbons (Fsp3) is 0.385. The van der Waals surface area contributed by atoms with Crippen LogP contribution in [0.25, 0.3) is 0 Å². The Morgan fingerprint density at radius 1 is 1.29 bits per heavy atom. The number of aryl methyl sites for hydroxylation is 3. The van der Waals surface area contributed by atoms with E-state index in [9.17, 15) is 0 Å². The topological polar surface area (TPSA) is 50.8 Å². The highest BCUT2D eigenvalue weighted by Gasteiger charge is 2.05. The van der Waals surface area contributed by atoms with Gasteiger partial charge in [0.05, 0.1) is 18.5 Å². The Bertz CT molecular complexity index is 466. The second kappa shape index (κ2) is 5.48. The number of hydrogen-bond donors (Lipinski definition) is 1.